The number of oxime groups is 1. The molecule has 142 valence electrons. The van der Waals surface area contributed by atoms with Crippen molar-refractivity contribution < 1.29 is 9.23 Å². The molecule has 0 fully saturated rings. The van der Waals surface area contributed by atoms with Crippen molar-refractivity contribution in [3.8, 4) is 0 Å². The van der Waals surface area contributed by atoms with Gasteiger partial charge in [0.15, 0.2) is 6.10 Å². The van der Waals surface area contributed by atoms with Gasteiger partial charge in [0.1, 0.15) is 5.82 Å². The summed E-state index contributed by atoms with van der Waals surface area (Å²) in [5, 5.41) is 4.77. The largest absolute Gasteiger partial charge is 0.387 e. The summed E-state index contributed by atoms with van der Waals surface area (Å²) >= 11 is 6.43. The number of aliphatic imine (C=N–C) groups is 1. The molecule has 2 aromatic rings. The Labute approximate surface area is 164 Å². The Morgan fingerprint density at radius 3 is 2.89 bits per heavy atom. The molecule has 1 aliphatic heterocycles. The zero-order valence-electron chi connectivity index (χ0n) is 16.0. The van der Waals surface area contributed by atoms with Gasteiger partial charge in [-0.15, -0.1) is 0 Å². The van der Waals surface area contributed by atoms with E-state index in [4.69, 9.17) is 16.4 Å². The molecule has 1 heterocycles. The van der Waals surface area contributed by atoms with Crippen LogP contribution in [-0.2, 0) is 4.84 Å². The van der Waals surface area contributed by atoms with Crippen LogP contribution in [0.4, 0.5) is 10.1 Å². The maximum atomic E-state index is 13.8. The van der Waals surface area contributed by atoms with E-state index in [9.17, 15) is 4.39 Å². The highest BCUT2D eigenvalue weighted by molar-refractivity contribution is 6.33. The highest BCUT2D eigenvalue weighted by atomic mass is 35.5. The van der Waals surface area contributed by atoms with Crippen LogP contribution >= 0.6 is 11.6 Å². The summed E-state index contributed by atoms with van der Waals surface area (Å²) < 4.78 is 13.8. The first-order chi connectivity index (χ1) is 12.9. The molecule has 4 nitrogen and oxygen atoms in total. The SMILES string of the molecule is CCN(C)C=Nc1cc(C)c(C2CC(c3cccc(F)c3C)=NO2)cc1Cl. The first-order valence-electron chi connectivity index (χ1n) is 8.93. The third-order valence-electron chi connectivity index (χ3n) is 4.82. The summed E-state index contributed by atoms with van der Waals surface area (Å²) in [6.07, 6.45) is 2.10. The van der Waals surface area contributed by atoms with Gasteiger partial charge in [-0.05, 0) is 55.7 Å². The molecule has 0 saturated carbocycles. The second-order valence-corrected chi connectivity index (χ2v) is 7.13. The summed E-state index contributed by atoms with van der Waals surface area (Å²) in [6, 6.07) is 8.84. The quantitative estimate of drug-likeness (QED) is 0.496. The second kappa shape index (κ2) is 8.09. The highest BCUT2D eigenvalue weighted by Crippen LogP contribution is 2.37. The molecule has 3 rings (SSSR count). The second-order valence-electron chi connectivity index (χ2n) is 6.73. The van der Waals surface area contributed by atoms with Crippen LogP contribution in [0.1, 0.15) is 41.7 Å². The van der Waals surface area contributed by atoms with Crippen molar-refractivity contribution in [1.82, 2.24) is 4.90 Å². The van der Waals surface area contributed by atoms with Gasteiger partial charge in [-0.3, -0.25) is 0 Å². The molecule has 0 saturated heterocycles. The molecule has 2 aromatic carbocycles. The van der Waals surface area contributed by atoms with Crippen LogP contribution in [0.25, 0.3) is 0 Å². The lowest BCUT2D eigenvalue weighted by atomic mass is 9.95. The third-order valence-corrected chi connectivity index (χ3v) is 5.13. The number of halogens is 2. The van der Waals surface area contributed by atoms with Gasteiger partial charge in [0.05, 0.1) is 22.8 Å². The zero-order valence-corrected chi connectivity index (χ0v) is 16.7. The minimum Gasteiger partial charge on any atom is -0.387 e. The summed E-state index contributed by atoms with van der Waals surface area (Å²) in [6.45, 7) is 6.68. The number of rotatable bonds is 5. The molecule has 1 unspecified atom stereocenters. The Morgan fingerprint density at radius 1 is 1.37 bits per heavy atom. The molecule has 0 aromatic heterocycles. The van der Waals surface area contributed by atoms with Crippen LogP contribution in [0.3, 0.4) is 0 Å². The van der Waals surface area contributed by atoms with Crippen molar-refractivity contribution in [3.05, 3.63) is 63.4 Å². The molecule has 1 atom stereocenters. The normalized spacial score (nSPS) is 16.5. The molecular weight excluding hydrogens is 365 g/mol. The molecule has 1 aliphatic rings. The molecule has 0 amide bonds. The minimum atomic E-state index is -0.239. The fourth-order valence-corrected chi connectivity index (χ4v) is 3.21. The van der Waals surface area contributed by atoms with Crippen LogP contribution in [0.2, 0.25) is 5.02 Å². The van der Waals surface area contributed by atoms with E-state index in [-0.39, 0.29) is 11.9 Å². The topological polar surface area (TPSA) is 37.2 Å². The standard InChI is InChI=1S/C21H23ClFN3O/c1-5-26(4)12-24-20-9-13(2)16(10-17(20)22)21-11-19(25-27-21)15-7-6-8-18(23)14(15)3/h6-10,12,21H,5,11H2,1-4H3. The molecular formula is C21H23ClFN3O. The zero-order chi connectivity index (χ0) is 19.6. The average Bonchev–Trinajstić information content (AvgIpc) is 3.13. The van der Waals surface area contributed by atoms with Crippen LogP contribution in [0.15, 0.2) is 40.5 Å². The van der Waals surface area contributed by atoms with E-state index >= 15 is 0 Å². The Morgan fingerprint density at radius 2 is 2.15 bits per heavy atom. The van der Waals surface area contributed by atoms with Gasteiger partial charge >= 0.3 is 0 Å². The van der Waals surface area contributed by atoms with Crippen molar-refractivity contribution in [2.45, 2.75) is 33.3 Å². The molecule has 0 spiro atoms. The highest BCUT2D eigenvalue weighted by Gasteiger charge is 2.27. The molecule has 6 heteroatoms. The van der Waals surface area contributed by atoms with Crippen molar-refractivity contribution in [2.24, 2.45) is 10.1 Å². The number of hydrogen-bond donors (Lipinski definition) is 0. The lowest BCUT2D eigenvalue weighted by molar-refractivity contribution is 0.0853. The Balaban J connectivity index is 1.81. The van der Waals surface area contributed by atoms with E-state index in [1.54, 1.807) is 19.3 Å². The van der Waals surface area contributed by atoms with Crippen LogP contribution in [-0.4, -0.2) is 30.5 Å². The predicted molar refractivity (Wildman–Crippen MR) is 109 cm³/mol. The molecule has 0 bridgehead atoms. The first-order valence-corrected chi connectivity index (χ1v) is 9.31. The van der Waals surface area contributed by atoms with E-state index < -0.39 is 0 Å². The predicted octanol–water partition coefficient (Wildman–Crippen LogP) is 5.57. The Kier molecular flexibility index (Phi) is 5.80. The number of hydrogen-bond acceptors (Lipinski definition) is 3. The fourth-order valence-electron chi connectivity index (χ4n) is 2.99. The smallest absolute Gasteiger partial charge is 0.158 e. The molecule has 27 heavy (non-hydrogen) atoms. The lowest BCUT2D eigenvalue weighted by Crippen LogP contribution is -2.14. The number of aryl methyl sites for hydroxylation is 1. The van der Waals surface area contributed by atoms with E-state index in [0.29, 0.717) is 17.0 Å². The molecule has 0 aliphatic carbocycles. The van der Waals surface area contributed by atoms with Gasteiger partial charge in [0.25, 0.3) is 0 Å². The summed E-state index contributed by atoms with van der Waals surface area (Å²) in [4.78, 5) is 12.1. The van der Waals surface area contributed by atoms with Gasteiger partial charge in [0, 0.05) is 25.6 Å². The average molecular weight is 388 g/mol. The first kappa shape index (κ1) is 19.4. The minimum absolute atomic E-state index is 0.239. The number of nitrogens with zero attached hydrogens (tertiary/aromatic N) is 3. The van der Waals surface area contributed by atoms with E-state index in [2.05, 4.69) is 17.1 Å². The lowest BCUT2D eigenvalue weighted by Gasteiger charge is -2.14. The van der Waals surface area contributed by atoms with Gasteiger partial charge in [0.2, 0.25) is 0 Å². The number of benzene rings is 2. The van der Waals surface area contributed by atoms with Crippen LogP contribution in [0.5, 0.6) is 0 Å². The van der Waals surface area contributed by atoms with Gasteiger partial charge in [-0.25, -0.2) is 9.38 Å². The van der Waals surface area contributed by atoms with E-state index in [1.807, 2.05) is 37.1 Å². The van der Waals surface area contributed by atoms with Gasteiger partial charge in [-0.1, -0.05) is 28.9 Å². The van der Waals surface area contributed by atoms with E-state index in [1.165, 1.54) is 6.07 Å². The summed E-state index contributed by atoms with van der Waals surface area (Å²) in [5.74, 6) is -0.239. The third kappa shape index (κ3) is 4.14. The van der Waals surface area contributed by atoms with Crippen molar-refractivity contribution in [1.29, 1.82) is 0 Å². The Bertz CT molecular complexity index is 911. The van der Waals surface area contributed by atoms with Crippen molar-refractivity contribution in [3.63, 3.8) is 0 Å². The molecule has 0 N–H and O–H groups in total. The van der Waals surface area contributed by atoms with Crippen molar-refractivity contribution >= 4 is 29.3 Å². The van der Waals surface area contributed by atoms with Gasteiger partial charge in [-0.2, -0.15) is 0 Å². The fraction of sp³-hybridized carbons (Fsp3) is 0.333. The van der Waals surface area contributed by atoms with Crippen LogP contribution < -0.4 is 0 Å². The monoisotopic (exact) mass is 387 g/mol. The summed E-state index contributed by atoms with van der Waals surface area (Å²) in [7, 11) is 1.96. The summed E-state index contributed by atoms with van der Waals surface area (Å²) in [5.41, 5.74) is 4.83. The van der Waals surface area contributed by atoms with Gasteiger partial charge < -0.3 is 9.74 Å². The Hall–Kier alpha value is -2.40. The maximum absolute atomic E-state index is 13.8. The molecule has 0 radical (unpaired) electrons. The van der Waals surface area contributed by atoms with E-state index in [0.717, 1.165) is 34.6 Å². The van der Waals surface area contributed by atoms with Crippen LogP contribution in [0, 0.1) is 19.7 Å². The van der Waals surface area contributed by atoms with Crippen molar-refractivity contribution in [2.75, 3.05) is 13.6 Å². The maximum Gasteiger partial charge on any atom is 0.158 e.